The van der Waals surface area contributed by atoms with Crippen molar-refractivity contribution in [1.82, 2.24) is 10.3 Å². The maximum atomic E-state index is 11.5. The highest BCUT2D eigenvalue weighted by Gasteiger charge is 2.16. The van der Waals surface area contributed by atoms with Crippen molar-refractivity contribution >= 4 is 5.97 Å². The van der Waals surface area contributed by atoms with Crippen molar-refractivity contribution in [3.8, 4) is 0 Å². The highest BCUT2D eigenvalue weighted by molar-refractivity contribution is 5.72. The smallest absolute Gasteiger partial charge is 0.320 e. The van der Waals surface area contributed by atoms with Crippen LogP contribution >= 0.6 is 0 Å². The van der Waals surface area contributed by atoms with Gasteiger partial charge in [0, 0.05) is 18.4 Å². The number of hydrogen-bond acceptors (Lipinski definition) is 4. The molecule has 0 amide bonds. The van der Waals surface area contributed by atoms with Gasteiger partial charge < -0.3 is 10.1 Å². The van der Waals surface area contributed by atoms with E-state index in [0.717, 1.165) is 5.56 Å². The molecule has 94 valence electrons. The number of carbonyl (C=O) groups is 1. The minimum absolute atomic E-state index is 0.0798. The molecular formula is C13H20N2O2. The van der Waals surface area contributed by atoms with Crippen LogP contribution in [0.4, 0.5) is 0 Å². The van der Waals surface area contributed by atoms with E-state index in [9.17, 15) is 4.79 Å². The molecule has 0 aromatic carbocycles. The fourth-order valence-electron chi connectivity index (χ4n) is 1.36. The van der Waals surface area contributed by atoms with Crippen LogP contribution in [0.15, 0.2) is 24.5 Å². The molecule has 1 aromatic rings. The number of carbonyl (C=O) groups excluding carboxylic acids is 1. The maximum absolute atomic E-state index is 11.5. The zero-order valence-electron chi connectivity index (χ0n) is 10.9. The van der Waals surface area contributed by atoms with Crippen molar-refractivity contribution in [3.63, 3.8) is 0 Å². The number of esters is 1. The quantitative estimate of drug-likeness (QED) is 0.813. The molecule has 0 saturated heterocycles. The van der Waals surface area contributed by atoms with Crippen LogP contribution in [0.2, 0.25) is 0 Å². The summed E-state index contributed by atoms with van der Waals surface area (Å²) in [5, 5.41) is 3.11. The van der Waals surface area contributed by atoms with Crippen LogP contribution < -0.4 is 5.32 Å². The second kappa shape index (κ2) is 5.77. The van der Waals surface area contributed by atoms with E-state index in [2.05, 4.69) is 10.3 Å². The molecule has 1 aromatic heterocycles. The lowest BCUT2D eigenvalue weighted by atomic mass is 10.1. The van der Waals surface area contributed by atoms with E-state index in [0.29, 0.717) is 0 Å². The average Bonchev–Trinajstić information content (AvgIpc) is 2.25. The Kier molecular flexibility index (Phi) is 4.63. The predicted molar refractivity (Wildman–Crippen MR) is 66.5 cm³/mol. The van der Waals surface area contributed by atoms with Gasteiger partial charge in [0.1, 0.15) is 5.60 Å². The number of rotatable bonds is 4. The lowest BCUT2D eigenvalue weighted by Crippen LogP contribution is -2.32. The number of ether oxygens (including phenoxy) is 1. The Balaban J connectivity index is 2.39. The molecule has 0 aliphatic carbocycles. The monoisotopic (exact) mass is 236 g/mol. The molecule has 1 N–H and O–H groups in total. The average molecular weight is 236 g/mol. The number of nitrogens with one attached hydrogen (secondary N) is 1. The van der Waals surface area contributed by atoms with Gasteiger partial charge in [-0.05, 0) is 39.3 Å². The Bertz CT molecular complexity index is 357. The van der Waals surface area contributed by atoms with E-state index < -0.39 is 5.60 Å². The molecule has 0 radical (unpaired) electrons. The van der Waals surface area contributed by atoms with Gasteiger partial charge in [0.15, 0.2) is 0 Å². The van der Waals surface area contributed by atoms with Gasteiger partial charge in [-0.1, -0.05) is 6.07 Å². The zero-order valence-corrected chi connectivity index (χ0v) is 10.9. The fourth-order valence-corrected chi connectivity index (χ4v) is 1.36. The van der Waals surface area contributed by atoms with Crippen LogP contribution in [-0.2, 0) is 9.53 Å². The molecule has 1 heterocycles. The summed E-state index contributed by atoms with van der Waals surface area (Å²) in [4.78, 5) is 15.5. The normalized spacial score (nSPS) is 13.2. The highest BCUT2D eigenvalue weighted by atomic mass is 16.6. The Hall–Kier alpha value is -1.42. The summed E-state index contributed by atoms with van der Waals surface area (Å²) in [7, 11) is 0. The van der Waals surface area contributed by atoms with Crippen LogP contribution in [0, 0.1) is 0 Å². The Morgan fingerprint density at radius 2 is 2.24 bits per heavy atom. The topological polar surface area (TPSA) is 51.2 Å². The second-order valence-corrected chi connectivity index (χ2v) is 4.98. The van der Waals surface area contributed by atoms with Crippen LogP contribution in [0.3, 0.4) is 0 Å². The van der Waals surface area contributed by atoms with Crippen molar-refractivity contribution in [2.24, 2.45) is 0 Å². The third-order valence-electron chi connectivity index (χ3n) is 2.16. The first-order chi connectivity index (χ1) is 7.88. The van der Waals surface area contributed by atoms with Crippen LogP contribution in [0.5, 0.6) is 0 Å². The largest absolute Gasteiger partial charge is 0.459 e. The van der Waals surface area contributed by atoms with Gasteiger partial charge in [0.2, 0.25) is 0 Å². The molecule has 1 atom stereocenters. The molecule has 17 heavy (non-hydrogen) atoms. The first-order valence-corrected chi connectivity index (χ1v) is 5.73. The van der Waals surface area contributed by atoms with Crippen molar-refractivity contribution in [2.45, 2.75) is 39.3 Å². The summed E-state index contributed by atoms with van der Waals surface area (Å²) in [6.07, 6.45) is 3.51. The Labute approximate surface area is 102 Å². The van der Waals surface area contributed by atoms with E-state index >= 15 is 0 Å². The van der Waals surface area contributed by atoms with Gasteiger partial charge in [0.25, 0.3) is 0 Å². The summed E-state index contributed by atoms with van der Waals surface area (Å²) in [6.45, 7) is 7.76. The summed E-state index contributed by atoms with van der Waals surface area (Å²) in [6, 6.07) is 3.93. The zero-order chi connectivity index (χ0) is 12.9. The van der Waals surface area contributed by atoms with E-state index in [1.54, 1.807) is 12.4 Å². The van der Waals surface area contributed by atoms with Gasteiger partial charge in [-0.25, -0.2) is 0 Å². The molecule has 4 nitrogen and oxygen atoms in total. The lowest BCUT2D eigenvalue weighted by molar-refractivity contribution is -0.153. The van der Waals surface area contributed by atoms with E-state index in [4.69, 9.17) is 4.74 Å². The standard InChI is InChI=1S/C13H20N2O2/c1-10(11-6-5-7-14-8-11)15-9-12(16)17-13(2,3)4/h5-8,10,15H,9H2,1-4H3/t10-/m1/s1. The van der Waals surface area contributed by atoms with E-state index in [1.807, 2.05) is 39.8 Å². The second-order valence-electron chi connectivity index (χ2n) is 4.98. The summed E-state index contributed by atoms with van der Waals surface area (Å²) < 4.78 is 5.21. The maximum Gasteiger partial charge on any atom is 0.320 e. The Morgan fingerprint density at radius 1 is 1.53 bits per heavy atom. The summed E-state index contributed by atoms with van der Waals surface area (Å²) >= 11 is 0. The van der Waals surface area contributed by atoms with Crippen LogP contribution in [0.25, 0.3) is 0 Å². The van der Waals surface area contributed by atoms with Crippen LogP contribution in [0.1, 0.15) is 39.3 Å². The number of pyridine rings is 1. The molecule has 0 spiro atoms. The summed E-state index contributed by atoms with van der Waals surface area (Å²) in [5.74, 6) is -0.242. The molecule has 4 heteroatoms. The number of hydrogen-bond donors (Lipinski definition) is 1. The van der Waals surface area contributed by atoms with Gasteiger partial charge in [-0.3, -0.25) is 9.78 Å². The lowest BCUT2D eigenvalue weighted by Gasteiger charge is -2.20. The minimum Gasteiger partial charge on any atom is -0.459 e. The van der Waals surface area contributed by atoms with Crippen molar-refractivity contribution in [1.29, 1.82) is 0 Å². The Morgan fingerprint density at radius 3 is 2.76 bits per heavy atom. The molecule has 0 fully saturated rings. The fraction of sp³-hybridized carbons (Fsp3) is 0.538. The predicted octanol–water partition coefficient (Wildman–Crippen LogP) is 2.07. The molecule has 0 bridgehead atoms. The number of aromatic nitrogens is 1. The third kappa shape index (κ3) is 5.45. The third-order valence-corrected chi connectivity index (χ3v) is 2.16. The molecular weight excluding hydrogens is 216 g/mol. The highest BCUT2D eigenvalue weighted by Crippen LogP contribution is 2.10. The molecule has 0 saturated carbocycles. The first kappa shape index (κ1) is 13.6. The van der Waals surface area contributed by atoms with Crippen LogP contribution in [-0.4, -0.2) is 23.1 Å². The minimum atomic E-state index is -0.434. The summed E-state index contributed by atoms with van der Waals surface area (Å²) in [5.41, 5.74) is 0.618. The van der Waals surface area contributed by atoms with E-state index in [1.165, 1.54) is 0 Å². The van der Waals surface area contributed by atoms with Gasteiger partial charge >= 0.3 is 5.97 Å². The molecule has 0 aliphatic heterocycles. The van der Waals surface area contributed by atoms with Gasteiger partial charge in [-0.15, -0.1) is 0 Å². The van der Waals surface area contributed by atoms with Crippen molar-refractivity contribution in [3.05, 3.63) is 30.1 Å². The van der Waals surface area contributed by atoms with Gasteiger partial charge in [0.05, 0.1) is 6.54 Å². The molecule has 0 unspecified atom stereocenters. The van der Waals surface area contributed by atoms with Crippen molar-refractivity contribution < 1.29 is 9.53 Å². The molecule has 0 aliphatic rings. The number of nitrogens with zero attached hydrogens (tertiary/aromatic N) is 1. The first-order valence-electron chi connectivity index (χ1n) is 5.73. The van der Waals surface area contributed by atoms with Gasteiger partial charge in [-0.2, -0.15) is 0 Å². The van der Waals surface area contributed by atoms with E-state index in [-0.39, 0.29) is 18.6 Å². The van der Waals surface area contributed by atoms with Crippen molar-refractivity contribution in [2.75, 3.05) is 6.54 Å². The SMILES string of the molecule is C[C@@H](NCC(=O)OC(C)(C)C)c1cccnc1. The molecule has 1 rings (SSSR count).